The Morgan fingerprint density at radius 2 is 2.00 bits per heavy atom. The number of aromatic amines is 1. The number of rotatable bonds is 6. The van der Waals surface area contributed by atoms with Crippen LogP contribution in [0.4, 0.5) is 24.8 Å². The van der Waals surface area contributed by atoms with E-state index >= 15 is 0 Å². The topological polar surface area (TPSA) is 127 Å². The van der Waals surface area contributed by atoms with E-state index in [1.807, 2.05) is 13.0 Å². The van der Waals surface area contributed by atoms with E-state index in [-0.39, 0.29) is 58.4 Å². The minimum Gasteiger partial charge on any atom is -0.359 e. The first-order valence-electron chi connectivity index (χ1n) is 12.6. The molecule has 1 aliphatic heterocycles. The average Bonchev–Trinajstić information content (AvgIpc) is 3.50. The van der Waals surface area contributed by atoms with E-state index in [4.69, 9.17) is 0 Å². The zero-order valence-electron chi connectivity index (χ0n) is 20.8. The molecule has 0 spiro atoms. The van der Waals surface area contributed by atoms with Gasteiger partial charge < -0.3 is 15.6 Å². The molecule has 1 aromatic carbocycles. The lowest BCUT2D eigenvalue weighted by molar-refractivity contribution is -0.137. The fourth-order valence-corrected chi connectivity index (χ4v) is 7.10. The highest BCUT2D eigenvalue weighted by molar-refractivity contribution is 7.92. The van der Waals surface area contributed by atoms with Crippen molar-refractivity contribution in [3.63, 3.8) is 0 Å². The van der Waals surface area contributed by atoms with E-state index in [1.165, 1.54) is 22.6 Å². The van der Waals surface area contributed by atoms with Crippen LogP contribution < -0.4 is 14.9 Å². The van der Waals surface area contributed by atoms with Gasteiger partial charge in [0.1, 0.15) is 11.6 Å². The molecular formula is C25H28F3N7O2S. The van der Waals surface area contributed by atoms with Crippen LogP contribution in [0.2, 0.25) is 0 Å². The highest BCUT2D eigenvalue weighted by Crippen LogP contribution is 2.42. The van der Waals surface area contributed by atoms with E-state index in [0.717, 1.165) is 32.0 Å². The Morgan fingerprint density at radius 1 is 1.21 bits per heavy atom. The number of anilines is 2. The van der Waals surface area contributed by atoms with Gasteiger partial charge in [-0.2, -0.15) is 18.4 Å². The van der Waals surface area contributed by atoms with Crippen LogP contribution >= 0.6 is 0 Å². The minimum atomic E-state index is -4.72. The summed E-state index contributed by atoms with van der Waals surface area (Å²) in [6, 6.07) is 5.13. The molecule has 3 heterocycles. The second kappa shape index (κ2) is 10.1. The zero-order valence-corrected chi connectivity index (χ0v) is 21.6. The highest BCUT2D eigenvalue weighted by atomic mass is 32.2. The zero-order chi connectivity index (χ0) is 27.1. The van der Waals surface area contributed by atoms with Gasteiger partial charge in [0.2, 0.25) is 16.0 Å². The van der Waals surface area contributed by atoms with Crippen LogP contribution in [-0.4, -0.2) is 54.3 Å². The number of nitriles is 1. The van der Waals surface area contributed by atoms with Gasteiger partial charge in [-0.1, -0.05) is 13.0 Å². The van der Waals surface area contributed by atoms with E-state index in [1.54, 1.807) is 0 Å². The quantitative estimate of drug-likeness (QED) is 0.418. The highest BCUT2D eigenvalue weighted by Gasteiger charge is 2.37. The normalized spacial score (nSPS) is 21.5. The maximum Gasteiger partial charge on any atom is 0.419 e. The third-order valence-electron chi connectivity index (χ3n) is 7.19. The lowest BCUT2D eigenvalue weighted by Crippen LogP contribution is -2.40. The number of aromatic nitrogens is 3. The summed E-state index contributed by atoms with van der Waals surface area (Å²) in [5, 5.41) is 16.6. The van der Waals surface area contributed by atoms with Crippen molar-refractivity contribution in [1.82, 2.24) is 20.3 Å². The maximum absolute atomic E-state index is 14.1. The van der Waals surface area contributed by atoms with Gasteiger partial charge >= 0.3 is 6.18 Å². The van der Waals surface area contributed by atoms with E-state index in [9.17, 15) is 26.9 Å². The fourth-order valence-electron chi connectivity index (χ4n) is 5.44. The minimum absolute atomic E-state index is 0.0170. The Hall–Kier alpha value is -3.37. The lowest BCUT2D eigenvalue weighted by Gasteiger charge is -2.29. The number of nitrogens with one attached hydrogen (secondary N) is 3. The molecule has 13 heteroatoms. The molecule has 2 aromatic heterocycles. The van der Waals surface area contributed by atoms with Crippen LogP contribution in [0.25, 0.3) is 22.2 Å². The SMILES string of the molecule is CCN[C@H]1CCC[C@@H]1Nc1ncc(C(F)(F)F)c(-c2c[nH]c3c(N4CCCCS4(=O)=O)c(C#N)ccc23)n1. The van der Waals surface area contributed by atoms with Crippen LogP contribution in [0.1, 0.15) is 50.2 Å². The van der Waals surface area contributed by atoms with Gasteiger partial charge in [-0.05, 0) is 44.7 Å². The van der Waals surface area contributed by atoms with Gasteiger partial charge in [0.05, 0.1) is 28.2 Å². The van der Waals surface area contributed by atoms with Gasteiger partial charge in [-0.25, -0.2) is 18.4 Å². The van der Waals surface area contributed by atoms with Crippen LogP contribution in [0, 0.1) is 11.3 Å². The molecule has 3 aromatic rings. The van der Waals surface area contributed by atoms with E-state index in [2.05, 4.69) is 25.6 Å². The summed E-state index contributed by atoms with van der Waals surface area (Å²) in [7, 11) is -3.68. The molecule has 1 saturated heterocycles. The number of fused-ring (bicyclic) bond motifs is 1. The number of nitrogens with zero attached hydrogens (tertiary/aromatic N) is 4. The van der Waals surface area contributed by atoms with Crippen molar-refractivity contribution in [3.05, 3.63) is 35.7 Å². The summed E-state index contributed by atoms with van der Waals surface area (Å²) < 4.78 is 69.1. The average molecular weight is 548 g/mol. The molecule has 2 aliphatic rings. The largest absolute Gasteiger partial charge is 0.419 e. The molecule has 2 fully saturated rings. The van der Waals surface area contributed by atoms with Crippen LogP contribution in [0.3, 0.4) is 0 Å². The Balaban J connectivity index is 1.63. The molecule has 9 nitrogen and oxygen atoms in total. The Kier molecular flexibility index (Phi) is 6.96. The number of halogens is 3. The van der Waals surface area contributed by atoms with Crippen molar-refractivity contribution >= 4 is 32.6 Å². The molecule has 0 amide bonds. The van der Waals surface area contributed by atoms with E-state index in [0.29, 0.717) is 18.2 Å². The summed E-state index contributed by atoms with van der Waals surface area (Å²) in [5.41, 5.74) is -0.641. The van der Waals surface area contributed by atoms with Crippen molar-refractivity contribution in [1.29, 1.82) is 5.26 Å². The van der Waals surface area contributed by atoms with E-state index < -0.39 is 21.8 Å². The number of hydrogen-bond donors (Lipinski definition) is 3. The van der Waals surface area contributed by atoms with Crippen LogP contribution in [0.5, 0.6) is 0 Å². The molecule has 5 rings (SSSR count). The molecule has 0 bridgehead atoms. The monoisotopic (exact) mass is 547 g/mol. The van der Waals surface area contributed by atoms with Crippen molar-refractivity contribution in [2.75, 3.05) is 28.5 Å². The molecule has 0 unspecified atom stereocenters. The summed E-state index contributed by atoms with van der Waals surface area (Å²) in [6.07, 6.45) is 1.33. The predicted molar refractivity (Wildman–Crippen MR) is 138 cm³/mol. The summed E-state index contributed by atoms with van der Waals surface area (Å²) in [5.74, 6) is 0.0281. The van der Waals surface area contributed by atoms with Gasteiger partial charge in [-0.15, -0.1) is 0 Å². The fraction of sp³-hybridized carbons (Fsp3) is 0.480. The molecule has 1 saturated carbocycles. The van der Waals surface area contributed by atoms with Crippen molar-refractivity contribution in [2.45, 2.75) is 57.3 Å². The number of H-pyrrole nitrogens is 1. The Morgan fingerprint density at radius 3 is 2.71 bits per heavy atom. The first-order valence-corrected chi connectivity index (χ1v) is 14.2. The first kappa shape index (κ1) is 26.2. The second-order valence-electron chi connectivity index (χ2n) is 9.59. The number of hydrogen-bond acceptors (Lipinski definition) is 7. The molecule has 0 radical (unpaired) electrons. The lowest BCUT2D eigenvalue weighted by atomic mass is 10.0. The Bertz CT molecular complexity index is 1500. The van der Waals surface area contributed by atoms with Crippen LogP contribution in [-0.2, 0) is 16.2 Å². The summed E-state index contributed by atoms with van der Waals surface area (Å²) in [6.45, 7) is 2.96. The molecule has 1 aliphatic carbocycles. The van der Waals surface area contributed by atoms with Gasteiger partial charge in [0.25, 0.3) is 0 Å². The third-order valence-corrected chi connectivity index (χ3v) is 9.04. The summed E-state index contributed by atoms with van der Waals surface area (Å²) >= 11 is 0. The molecule has 2 atom stereocenters. The van der Waals surface area contributed by atoms with Gasteiger partial charge in [0, 0.05) is 42.0 Å². The van der Waals surface area contributed by atoms with Crippen LogP contribution in [0.15, 0.2) is 24.5 Å². The molecule has 202 valence electrons. The van der Waals surface area contributed by atoms with Crippen molar-refractivity contribution in [2.24, 2.45) is 0 Å². The van der Waals surface area contributed by atoms with Gasteiger partial charge in [0.15, 0.2) is 0 Å². The summed E-state index contributed by atoms with van der Waals surface area (Å²) in [4.78, 5) is 11.2. The maximum atomic E-state index is 14.1. The Labute approximate surface area is 218 Å². The van der Waals surface area contributed by atoms with Crippen molar-refractivity contribution in [3.8, 4) is 17.3 Å². The number of alkyl halides is 3. The van der Waals surface area contributed by atoms with Crippen molar-refractivity contribution < 1.29 is 21.6 Å². The number of likely N-dealkylation sites (N-methyl/N-ethyl adjacent to an activating group) is 1. The standard InChI is InChI=1S/C25H28F3N7O2S/c1-2-30-19-6-5-7-20(19)33-24-32-14-18(25(26,27)28)21(34-24)17-13-31-22-16(17)9-8-15(12-29)23(22)35-10-3-4-11-38(35,36)37/h8-9,13-14,19-20,30-31H,2-7,10-11H2,1H3,(H,32,33,34)/t19-,20-/m0/s1. The molecule has 38 heavy (non-hydrogen) atoms. The molecular weight excluding hydrogens is 519 g/mol. The third kappa shape index (κ3) is 4.78. The smallest absolute Gasteiger partial charge is 0.359 e. The second-order valence-corrected chi connectivity index (χ2v) is 11.6. The number of benzene rings is 1. The number of sulfonamides is 1. The first-order chi connectivity index (χ1) is 18.1. The van der Waals surface area contributed by atoms with Gasteiger partial charge in [-0.3, -0.25) is 4.31 Å². The predicted octanol–water partition coefficient (Wildman–Crippen LogP) is 4.39. The molecule has 3 N–H and O–H groups in total.